The number of hydrogen-bond donors (Lipinski definition) is 0. The van der Waals surface area contributed by atoms with Crippen molar-refractivity contribution in [2.45, 2.75) is 40.5 Å². The van der Waals surface area contributed by atoms with Crippen LogP contribution in [0.15, 0.2) is 36.4 Å². The molecule has 4 nitrogen and oxygen atoms in total. The molecule has 4 rings (SSSR count). The predicted octanol–water partition coefficient (Wildman–Crippen LogP) is 5.27. The number of ether oxygens (including phenoxy) is 4. The summed E-state index contributed by atoms with van der Waals surface area (Å²) in [5.41, 5.74) is 2.64. The molecule has 0 unspecified atom stereocenters. The molecule has 0 aliphatic carbocycles. The molecule has 0 radical (unpaired) electrons. The van der Waals surface area contributed by atoms with Gasteiger partial charge in [0.2, 0.25) is 6.79 Å². The molecule has 0 saturated heterocycles. The van der Waals surface area contributed by atoms with E-state index in [2.05, 4.69) is 52.0 Å². The molecule has 0 amide bonds. The van der Waals surface area contributed by atoms with E-state index in [1.807, 2.05) is 12.1 Å². The molecule has 2 aromatic rings. The van der Waals surface area contributed by atoms with Gasteiger partial charge in [-0.25, -0.2) is 0 Å². The number of hydrogen-bond acceptors (Lipinski definition) is 4. The maximum Gasteiger partial charge on any atom is 0.231 e. The van der Waals surface area contributed by atoms with Crippen molar-refractivity contribution < 1.29 is 18.9 Å². The van der Waals surface area contributed by atoms with Gasteiger partial charge in [-0.15, -0.1) is 0 Å². The summed E-state index contributed by atoms with van der Waals surface area (Å²) < 4.78 is 21.5. The second-order valence-electron chi connectivity index (χ2n) is 7.86. The second kappa shape index (κ2) is 9.03. The zero-order chi connectivity index (χ0) is 19.2. The zero-order valence-electron chi connectivity index (χ0n) is 16.8. The van der Waals surface area contributed by atoms with Crippen LogP contribution in [-0.4, -0.2) is 20.0 Å². The lowest BCUT2D eigenvalue weighted by atomic mass is 10.0. The van der Waals surface area contributed by atoms with Gasteiger partial charge >= 0.3 is 0 Å². The van der Waals surface area contributed by atoms with Crippen molar-refractivity contribution in [2.75, 3.05) is 20.0 Å². The van der Waals surface area contributed by atoms with E-state index in [1.54, 1.807) is 0 Å². The third kappa shape index (κ3) is 5.56. The van der Waals surface area contributed by atoms with E-state index in [0.717, 1.165) is 35.8 Å². The largest absolute Gasteiger partial charge is 0.486 e. The standard InChI is InChI=1S/C12H16O2.C11H14O2/c1-9(2)7-10-3-4-11-12(8-10)14-6-5-13-11;1-8(2)5-9-3-4-10-11(6-9)13-7-12-10/h3-4,8-9H,5-7H2,1-2H3;3-4,6,8H,5,7H2,1-2H3. The van der Waals surface area contributed by atoms with Crippen molar-refractivity contribution in [1.29, 1.82) is 0 Å². The Morgan fingerprint density at radius 1 is 0.630 bits per heavy atom. The quantitative estimate of drug-likeness (QED) is 0.735. The fraction of sp³-hybridized carbons (Fsp3) is 0.478. The minimum atomic E-state index is 0.362. The van der Waals surface area contributed by atoms with Gasteiger partial charge in [-0.3, -0.25) is 0 Å². The average Bonchev–Trinajstić information content (AvgIpc) is 3.09. The van der Waals surface area contributed by atoms with Crippen LogP contribution in [0.25, 0.3) is 0 Å². The molecular weight excluding hydrogens is 340 g/mol. The Kier molecular flexibility index (Phi) is 6.49. The molecule has 0 fully saturated rings. The van der Waals surface area contributed by atoms with Crippen molar-refractivity contribution in [3.05, 3.63) is 47.5 Å². The second-order valence-corrected chi connectivity index (χ2v) is 7.86. The Labute approximate surface area is 162 Å². The lowest BCUT2D eigenvalue weighted by molar-refractivity contribution is 0.171. The maximum absolute atomic E-state index is 5.52. The summed E-state index contributed by atoms with van der Waals surface area (Å²) in [6.07, 6.45) is 2.19. The predicted molar refractivity (Wildman–Crippen MR) is 107 cm³/mol. The molecule has 0 saturated carbocycles. The van der Waals surface area contributed by atoms with E-state index >= 15 is 0 Å². The molecule has 0 bridgehead atoms. The van der Waals surface area contributed by atoms with Gasteiger partial charge in [0.25, 0.3) is 0 Å². The summed E-state index contributed by atoms with van der Waals surface area (Å²) in [6, 6.07) is 12.4. The first-order valence-corrected chi connectivity index (χ1v) is 9.78. The monoisotopic (exact) mass is 370 g/mol. The van der Waals surface area contributed by atoms with Crippen LogP contribution in [0.5, 0.6) is 23.0 Å². The molecule has 2 aromatic carbocycles. The molecule has 4 heteroatoms. The highest BCUT2D eigenvalue weighted by Gasteiger charge is 2.13. The Morgan fingerprint density at radius 2 is 1.07 bits per heavy atom. The van der Waals surface area contributed by atoms with Gasteiger partial charge in [0, 0.05) is 0 Å². The highest BCUT2D eigenvalue weighted by molar-refractivity contribution is 5.45. The van der Waals surface area contributed by atoms with Crippen molar-refractivity contribution in [2.24, 2.45) is 11.8 Å². The molecule has 0 atom stereocenters. The van der Waals surface area contributed by atoms with Crippen LogP contribution in [0.4, 0.5) is 0 Å². The van der Waals surface area contributed by atoms with Crippen molar-refractivity contribution in [3.63, 3.8) is 0 Å². The van der Waals surface area contributed by atoms with Crippen LogP contribution in [0.1, 0.15) is 38.8 Å². The molecule has 27 heavy (non-hydrogen) atoms. The number of fused-ring (bicyclic) bond motifs is 2. The van der Waals surface area contributed by atoms with E-state index in [9.17, 15) is 0 Å². The third-order valence-corrected chi connectivity index (χ3v) is 4.33. The Morgan fingerprint density at radius 3 is 1.63 bits per heavy atom. The summed E-state index contributed by atoms with van der Waals surface area (Å²) in [6.45, 7) is 10.6. The topological polar surface area (TPSA) is 36.9 Å². The van der Waals surface area contributed by atoms with E-state index in [1.165, 1.54) is 11.1 Å². The van der Waals surface area contributed by atoms with Crippen LogP contribution in [0, 0.1) is 11.8 Å². The first kappa shape index (κ1) is 19.4. The number of rotatable bonds is 4. The third-order valence-electron chi connectivity index (χ3n) is 4.33. The van der Waals surface area contributed by atoms with Crippen LogP contribution in [-0.2, 0) is 12.8 Å². The Hall–Kier alpha value is -2.36. The average molecular weight is 370 g/mol. The molecule has 2 heterocycles. The lowest BCUT2D eigenvalue weighted by Crippen LogP contribution is -2.15. The summed E-state index contributed by atoms with van der Waals surface area (Å²) in [4.78, 5) is 0. The first-order chi connectivity index (χ1) is 13.0. The summed E-state index contributed by atoms with van der Waals surface area (Å²) in [5.74, 6) is 4.89. The fourth-order valence-electron chi connectivity index (χ4n) is 3.23. The smallest absolute Gasteiger partial charge is 0.231 e. The van der Waals surface area contributed by atoms with E-state index in [0.29, 0.717) is 31.8 Å². The molecule has 146 valence electrons. The van der Waals surface area contributed by atoms with Crippen molar-refractivity contribution in [3.8, 4) is 23.0 Å². The van der Waals surface area contributed by atoms with Gasteiger partial charge in [0.1, 0.15) is 13.2 Å². The zero-order valence-corrected chi connectivity index (χ0v) is 16.8. The summed E-state index contributed by atoms with van der Waals surface area (Å²) >= 11 is 0. The van der Waals surface area contributed by atoms with Crippen molar-refractivity contribution in [1.82, 2.24) is 0 Å². The maximum atomic E-state index is 5.52. The number of benzene rings is 2. The van der Waals surface area contributed by atoms with E-state index < -0.39 is 0 Å². The Bertz CT molecular complexity index is 752. The fourth-order valence-corrected chi connectivity index (χ4v) is 3.23. The highest BCUT2D eigenvalue weighted by atomic mass is 16.7. The minimum Gasteiger partial charge on any atom is -0.486 e. The highest BCUT2D eigenvalue weighted by Crippen LogP contribution is 2.33. The summed E-state index contributed by atoms with van der Waals surface area (Å²) in [5, 5.41) is 0. The summed E-state index contributed by atoms with van der Waals surface area (Å²) in [7, 11) is 0. The molecule has 0 aromatic heterocycles. The normalized spacial score (nSPS) is 14.1. The van der Waals surface area contributed by atoms with E-state index in [4.69, 9.17) is 18.9 Å². The van der Waals surface area contributed by atoms with Gasteiger partial charge in [-0.1, -0.05) is 39.8 Å². The molecular formula is C23H30O4. The SMILES string of the molecule is CC(C)Cc1ccc2c(c1)OCCO2.CC(C)Cc1ccc2c(c1)OCO2. The molecule has 2 aliphatic heterocycles. The molecule has 2 aliphatic rings. The van der Waals surface area contributed by atoms with Gasteiger partial charge in [0.05, 0.1) is 0 Å². The minimum absolute atomic E-state index is 0.362. The van der Waals surface area contributed by atoms with Gasteiger partial charge in [-0.05, 0) is 60.1 Å². The first-order valence-electron chi connectivity index (χ1n) is 9.78. The van der Waals surface area contributed by atoms with Crippen LogP contribution >= 0.6 is 0 Å². The van der Waals surface area contributed by atoms with Crippen LogP contribution in [0.2, 0.25) is 0 Å². The lowest BCUT2D eigenvalue weighted by Gasteiger charge is -2.19. The Balaban J connectivity index is 0.000000156. The van der Waals surface area contributed by atoms with Crippen LogP contribution < -0.4 is 18.9 Å². The van der Waals surface area contributed by atoms with Crippen molar-refractivity contribution >= 4 is 0 Å². The molecule has 0 N–H and O–H groups in total. The van der Waals surface area contributed by atoms with Gasteiger partial charge in [0.15, 0.2) is 23.0 Å². The van der Waals surface area contributed by atoms with Crippen LogP contribution in [0.3, 0.4) is 0 Å². The van der Waals surface area contributed by atoms with E-state index in [-0.39, 0.29) is 0 Å². The molecule has 0 spiro atoms. The van der Waals surface area contributed by atoms with Gasteiger partial charge < -0.3 is 18.9 Å². The van der Waals surface area contributed by atoms with Gasteiger partial charge in [-0.2, -0.15) is 0 Å².